The Kier molecular flexibility index (Phi) is 44.6. The molecular formula is C78H123N25O18. The SMILES string of the molecule is CCCC[C@H](NC(=O)[C@H](CC(C)C)NC(=O)[C@H](CC(N)=O)NC(=O)[C@@H](NC(=O)[C@H](Cc1ccc(O)cc1)NC(=O)[C@H](C)NC(=O)[C@H](CCCNC(=N)N)NC(=O)c1ccc(CN)cc1)[C@@H](C)CC)C(=O)N[C@H](C(=O)N[C@@H](CCCNC(=N)N)C(=O)N[C@@H](CCC(N)=O)C(=O)N[C@@H](CCCNC(=N)N)C(=O)N[C@@H](Cc1ccc(O)cc1)C(N)=O)[C@@H](C)O. The lowest BCUT2D eigenvalue weighted by Crippen LogP contribution is -2.62. The van der Waals surface area contributed by atoms with E-state index in [1.165, 1.54) is 67.6 Å². The van der Waals surface area contributed by atoms with Gasteiger partial charge in [0.05, 0.1) is 12.5 Å². The van der Waals surface area contributed by atoms with Crippen molar-refractivity contribution in [1.82, 2.24) is 79.8 Å². The van der Waals surface area contributed by atoms with Crippen molar-refractivity contribution in [1.29, 1.82) is 16.2 Å². The van der Waals surface area contributed by atoms with Gasteiger partial charge in [-0.3, -0.25) is 88.1 Å². The van der Waals surface area contributed by atoms with Gasteiger partial charge >= 0.3 is 0 Å². The molecule has 3 rings (SSSR count). The van der Waals surface area contributed by atoms with Gasteiger partial charge < -0.3 is 135 Å². The fourth-order valence-electron chi connectivity index (χ4n) is 12.1. The normalized spacial score (nSPS) is 14.5. The summed E-state index contributed by atoms with van der Waals surface area (Å²) in [7, 11) is 0. The molecule has 43 heteroatoms. The summed E-state index contributed by atoms with van der Waals surface area (Å²) in [5, 5.41) is 92.1. The molecule has 0 unspecified atom stereocenters. The summed E-state index contributed by atoms with van der Waals surface area (Å²) in [6.07, 6.45) is -3.65. The second-order valence-corrected chi connectivity index (χ2v) is 29.8. The number of unbranched alkanes of at least 4 members (excludes halogenated alkanes) is 1. The summed E-state index contributed by atoms with van der Waals surface area (Å²) in [5.41, 5.74) is 40.8. The van der Waals surface area contributed by atoms with Crippen LogP contribution >= 0.6 is 0 Å². The van der Waals surface area contributed by atoms with E-state index in [2.05, 4.69) is 79.8 Å². The van der Waals surface area contributed by atoms with E-state index in [1.54, 1.807) is 46.8 Å². The van der Waals surface area contributed by atoms with Gasteiger partial charge in [-0.2, -0.15) is 0 Å². The average Bonchev–Trinajstić information content (AvgIpc) is 0.858. The molecular weight excluding hydrogens is 1580 g/mol. The van der Waals surface area contributed by atoms with Crippen LogP contribution in [-0.4, -0.2) is 220 Å². The molecule has 0 fully saturated rings. The van der Waals surface area contributed by atoms with Crippen molar-refractivity contribution >= 4 is 106 Å². The number of aromatic hydroxyl groups is 2. The Morgan fingerprint density at radius 2 is 0.736 bits per heavy atom. The molecule has 0 aliphatic heterocycles. The summed E-state index contributed by atoms with van der Waals surface area (Å²) in [6.45, 7) is 11.1. The highest BCUT2D eigenvalue weighted by Gasteiger charge is 2.39. The van der Waals surface area contributed by atoms with Crippen LogP contribution in [0.1, 0.15) is 165 Å². The number of benzene rings is 3. The topological polar surface area (TPSA) is 751 Å². The van der Waals surface area contributed by atoms with E-state index >= 15 is 0 Å². The number of amides is 15. The number of aliphatic hydroxyl groups is 1. The maximum Gasteiger partial charge on any atom is 0.251 e. The number of aliphatic hydroxyl groups excluding tert-OH is 1. The maximum atomic E-state index is 14.7. The van der Waals surface area contributed by atoms with Crippen LogP contribution in [0.5, 0.6) is 11.5 Å². The summed E-state index contributed by atoms with van der Waals surface area (Å²) in [4.78, 5) is 210. The molecule has 0 bridgehead atoms. The Hall–Kier alpha value is -13.0. The fourth-order valence-corrected chi connectivity index (χ4v) is 12.1. The van der Waals surface area contributed by atoms with Gasteiger partial charge in [0, 0.05) is 51.0 Å². The molecule has 0 aliphatic carbocycles. The average molecular weight is 1700 g/mol. The fraction of sp³-hybridized carbons (Fsp3) is 0.538. The minimum atomic E-state index is -1.92. The van der Waals surface area contributed by atoms with Gasteiger partial charge in [0.2, 0.25) is 82.7 Å². The molecule has 0 aromatic heterocycles. The number of phenolic OH excluding ortho intramolecular Hbond substituents is 2. The van der Waals surface area contributed by atoms with Crippen molar-refractivity contribution in [2.75, 3.05) is 19.6 Å². The van der Waals surface area contributed by atoms with Gasteiger partial charge in [-0.05, 0) is 137 Å². The molecule has 15 amide bonds. The van der Waals surface area contributed by atoms with Crippen LogP contribution in [0.4, 0.5) is 0 Å². The number of phenols is 2. The van der Waals surface area contributed by atoms with E-state index in [1.807, 2.05) is 0 Å². The first kappa shape index (κ1) is 102. The number of carbonyl (C=O) groups is 15. The van der Waals surface area contributed by atoms with E-state index in [4.69, 9.17) is 56.4 Å². The van der Waals surface area contributed by atoms with Gasteiger partial charge in [0.15, 0.2) is 17.9 Å². The van der Waals surface area contributed by atoms with E-state index in [9.17, 15) is 87.2 Å². The van der Waals surface area contributed by atoms with Crippen molar-refractivity contribution in [3.8, 4) is 11.5 Å². The van der Waals surface area contributed by atoms with E-state index < -0.39 is 210 Å². The molecule has 0 radical (unpaired) electrons. The second-order valence-electron chi connectivity index (χ2n) is 29.8. The lowest BCUT2D eigenvalue weighted by Gasteiger charge is -2.30. The summed E-state index contributed by atoms with van der Waals surface area (Å²) >= 11 is 0. The monoisotopic (exact) mass is 1700 g/mol. The number of nitrogens with two attached hydrogens (primary N) is 7. The predicted molar refractivity (Wildman–Crippen MR) is 445 cm³/mol. The van der Waals surface area contributed by atoms with Crippen LogP contribution in [-0.2, 0) is 86.5 Å². The first-order valence-corrected chi connectivity index (χ1v) is 39.8. The van der Waals surface area contributed by atoms with Crippen LogP contribution in [0.3, 0.4) is 0 Å². The van der Waals surface area contributed by atoms with Crippen LogP contribution < -0.4 is 120 Å². The van der Waals surface area contributed by atoms with Crippen LogP contribution in [0.25, 0.3) is 0 Å². The van der Waals surface area contributed by atoms with Crippen molar-refractivity contribution < 1.29 is 87.2 Å². The minimum Gasteiger partial charge on any atom is -0.508 e. The van der Waals surface area contributed by atoms with Crippen molar-refractivity contribution in [3.63, 3.8) is 0 Å². The summed E-state index contributed by atoms with van der Waals surface area (Å²) in [6, 6.07) is -1.21. The molecule has 121 heavy (non-hydrogen) atoms. The van der Waals surface area contributed by atoms with Gasteiger partial charge in [-0.1, -0.05) is 90.3 Å². The van der Waals surface area contributed by atoms with Crippen molar-refractivity contribution in [2.24, 2.45) is 52.0 Å². The number of hydrogen-bond donors (Lipinski definition) is 28. The predicted octanol–water partition coefficient (Wildman–Crippen LogP) is -5.43. The van der Waals surface area contributed by atoms with Crippen LogP contribution in [0.15, 0.2) is 72.8 Å². The molecule has 0 aliphatic rings. The third-order valence-electron chi connectivity index (χ3n) is 19.1. The number of rotatable bonds is 55. The number of hydrogen-bond acceptors (Lipinski definition) is 22. The maximum absolute atomic E-state index is 14.7. The van der Waals surface area contributed by atoms with E-state index in [0.717, 1.165) is 12.5 Å². The van der Waals surface area contributed by atoms with Crippen molar-refractivity contribution in [2.45, 2.75) is 236 Å². The molecule has 3 aromatic rings. The Morgan fingerprint density at radius 3 is 1.16 bits per heavy atom. The lowest BCUT2D eigenvalue weighted by atomic mass is 9.96. The standard InChI is InChI=1S/C78H123N25O18/c1-8-10-14-50(70(116)103-62(43(7)104)75(121)97-53(17-13-34-91-78(87)88)67(113)96-54(30-31-59(80)107)69(115)94-52(16-12-33-90-77(85)86)68(114)98-55(63(82)109)36-44-20-26-48(105)27-21-44)95-71(117)56(35-40(3)4)100-72(118)58(38-60(81)108)101-74(120)61(41(5)9-2)102-73(119)57(37-45-22-28-49(106)29-23-45)99-64(110)42(6)92-66(112)51(15-11-32-89-76(83)84)93-65(111)47-24-18-46(39-79)19-25-47/h18-29,40-43,50-58,61-62,104-106H,8-17,30-39,79H2,1-7H3,(H2,80,107)(H2,81,108)(H2,82,109)(H,92,112)(H,93,111)(H,94,115)(H,95,117)(H,96,113)(H,97,121)(H,98,114)(H,99,110)(H,100,118)(H,101,120)(H,102,119)(H,103,116)(H4,83,84,89)(H4,85,86,90)(H4,87,88,91)/t41-,42-,43+,50-,51-,52-,53-,54-,55-,56-,57-,58-,61-,62-/m0/s1. The molecule has 14 atom stereocenters. The van der Waals surface area contributed by atoms with E-state index in [-0.39, 0.29) is 126 Å². The zero-order chi connectivity index (χ0) is 90.8. The molecule has 668 valence electrons. The third-order valence-corrected chi connectivity index (χ3v) is 19.1. The Labute approximate surface area is 701 Å². The van der Waals surface area contributed by atoms with E-state index in [0.29, 0.717) is 17.5 Å². The van der Waals surface area contributed by atoms with Gasteiger partial charge in [-0.25, -0.2) is 0 Å². The third kappa shape index (κ3) is 38.5. The highest BCUT2D eigenvalue weighted by atomic mass is 16.3. The molecule has 43 nitrogen and oxygen atoms in total. The Morgan fingerprint density at radius 1 is 0.380 bits per heavy atom. The summed E-state index contributed by atoms with van der Waals surface area (Å²) in [5.74, 6) is -17.4. The molecule has 0 heterocycles. The molecule has 0 spiro atoms. The highest BCUT2D eigenvalue weighted by molar-refractivity contribution is 6.02. The molecule has 3 aromatic carbocycles. The smallest absolute Gasteiger partial charge is 0.251 e. The van der Waals surface area contributed by atoms with Gasteiger partial charge in [-0.15, -0.1) is 0 Å². The number of guanidine groups is 3. The minimum absolute atomic E-state index is 0.00834. The molecule has 35 N–H and O–H groups in total. The first-order valence-electron chi connectivity index (χ1n) is 39.8. The number of carbonyl (C=O) groups excluding carboxylic acids is 15. The summed E-state index contributed by atoms with van der Waals surface area (Å²) < 4.78 is 0. The second kappa shape index (κ2) is 52.8. The van der Waals surface area contributed by atoms with Crippen molar-refractivity contribution in [3.05, 3.63) is 95.1 Å². The number of nitrogens with one attached hydrogen (secondary N) is 18. The zero-order valence-corrected chi connectivity index (χ0v) is 69.2. The van der Waals surface area contributed by atoms with Crippen LogP contribution in [0, 0.1) is 28.1 Å². The molecule has 0 saturated carbocycles. The lowest BCUT2D eigenvalue weighted by molar-refractivity contribution is -0.138. The number of primary amides is 3. The zero-order valence-electron chi connectivity index (χ0n) is 69.2. The largest absolute Gasteiger partial charge is 0.508 e. The Balaban J connectivity index is 1.95. The first-order chi connectivity index (χ1) is 57.1. The van der Waals surface area contributed by atoms with Gasteiger partial charge in [0.25, 0.3) is 5.91 Å². The highest BCUT2D eigenvalue weighted by Crippen LogP contribution is 2.18. The van der Waals surface area contributed by atoms with Crippen LogP contribution in [0.2, 0.25) is 0 Å². The Bertz CT molecular complexity index is 4020. The molecule has 0 saturated heterocycles. The van der Waals surface area contributed by atoms with Gasteiger partial charge in [0.1, 0.15) is 84.0 Å². The quantitative estimate of drug-likeness (QED) is 0.0142.